The van der Waals surface area contributed by atoms with Gasteiger partial charge in [0.1, 0.15) is 5.82 Å². The van der Waals surface area contributed by atoms with E-state index in [1.165, 1.54) is 23.9 Å². The fourth-order valence-corrected chi connectivity index (χ4v) is 4.66. The van der Waals surface area contributed by atoms with Gasteiger partial charge >= 0.3 is 6.03 Å². The normalized spacial score (nSPS) is 11.8. The molecule has 2 N–H and O–H groups in total. The third kappa shape index (κ3) is 6.21. The zero-order valence-electron chi connectivity index (χ0n) is 19.5. The van der Waals surface area contributed by atoms with E-state index in [0.717, 1.165) is 22.4 Å². The van der Waals surface area contributed by atoms with Crippen LogP contribution in [0.5, 0.6) is 0 Å². The predicted molar refractivity (Wildman–Crippen MR) is 139 cm³/mol. The maximum Gasteiger partial charge on any atom is 0.319 e. The molecule has 2 amide bonds. The number of benzene rings is 3. The van der Waals surface area contributed by atoms with Crippen LogP contribution in [-0.4, -0.2) is 20.8 Å². The first kappa shape index (κ1) is 24.8. The lowest BCUT2D eigenvalue weighted by molar-refractivity contribution is 0.249. The van der Waals surface area contributed by atoms with Crippen LogP contribution in [-0.2, 0) is 5.75 Å². The highest BCUT2D eigenvalue weighted by atomic mass is 35.5. The van der Waals surface area contributed by atoms with Crippen LogP contribution in [0.2, 0.25) is 5.02 Å². The molecule has 0 radical (unpaired) electrons. The van der Waals surface area contributed by atoms with E-state index in [1.54, 1.807) is 12.1 Å². The number of nitrogens with one attached hydrogen (secondary N) is 2. The van der Waals surface area contributed by atoms with Crippen molar-refractivity contribution in [3.05, 3.63) is 100 Å². The van der Waals surface area contributed by atoms with Gasteiger partial charge < -0.3 is 10.6 Å². The number of aryl methyl sites for hydroxylation is 2. The first-order valence-electron chi connectivity index (χ1n) is 11.0. The van der Waals surface area contributed by atoms with Crippen LogP contribution in [0, 0.1) is 19.7 Å². The Labute approximate surface area is 212 Å². The van der Waals surface area contributed by atoms with Gasteiger partial charge in [-0.1, -0.05) is 53.7 Å². The fraction of sp³-hybridized carbons (Fsp3) is 0.192. The summed E-state index contributed by atoms with van der Waals surface area (Å²) < 4.78 is 15.2. The Morgan fingerprint density at radius 3 is 2.60 bits per heavy atom. The van der Waals surface area contributed by atoms with Gasteiger partial charge in [-0.2, -0.15) is 0 Å². The Bertz CT molecular complexity index is 1340. The van der Waals surface area contributed by atoms with Gasteiger partial charge in [0.15, 0.2) is 11.0 Å². The Morgan fingerprint density at radius 1 is 1.09 bits per heavy atom. The summed E-state index contributed by atoms with van der Waals surface area (Å²) in [5.74, 6) is 0.868. The molecule has 0 fully saturated rings. The van der Waals surface area contributed by atoms with E-state index in [0.29, 0.717) is 27.4 Å². The summed E-state index contributed by atoms with van der Waals surface area (Å²) in [5, 5.41) is 15.8. The van der Waals surface area contributed by atoms with Gasteiger partial charge in [-0.05, 0) is 73.9 Å². The van der Waals surface area contributed by atoms with E-state index in [4.69, 9.17) is 11.6 Å². The molecule has 0 saturated carbocycles. The molecule has 1 heterocycles. The summed E-state index contributed by atoms with van der Waals surface area (Å²) in [6, 6.07) is 18.7. The minimum Gasteiger partial charge on any atom is -0.328 e. The van der Waals surface area contributed by atoms with E-state index in [2.05, 4.69) is 20.8 Å². The number of urea groups is 1. The Morgan fingerprint density at radius 2 is 1.86 bits per heavy atom. The summed E-state index contributed by atoms with van der Waals surface area (Å²) in [6.45, 7) is 5.80. The first-order chi connectivity index (χ1) is 16.8. The molecule has 1 unspecified atom stereocenters. The van der Waals surface area contributed by atoms with E-state index in [9.17, 15) is 9.18 Å². The van der Waals surface area contributed by atoms with E-state index in [-0.39, 0.29) is 11.8 Å². The molecule has 4 aromatic rings. The highest BCUT2D eigenvalue weighted by Crippen LogP contribution is 2.30. The molecule has 35 heavy (non-hydrogen) atoms. The molecular weight excluding hydrogens is 485 g/mol. The van der Waals surface area contributed by atoms with Crippen molar-refractivity contribution >= 4 is 35.1 Å². The van der Waals surface area contributed by atoms with Gasteiger partial charge in [0.25, 0.3) is 0 Å². The SMILES string of the molecule is Cc1cccc(NC(=O)NC(C)c2nnc(SCc3ccc(F)cc3)n2-c2cc(Cl)ccc2C)c1. The van der Waals surface area contributed by atoms with Gasteiger partial charge in [-0.3, -0.25) is 4.57 Å². The highest BCUT2D eigenvalue weighted by molar-refractivity contribution is 7.98. The summed E-state index contributed by atoms with van der Waals surface area (Å²) in [4.78, 5) is 12.7. The lowest BCUT2D eigenvalue weighted by atomic mass is 10.2. The lowest BCUT2D eigenvalue weighted by Crippen LogP contribution is -2.32. The number of hydrogen-bond donors (Lipinski definition) is 2. The van der Waals surface area contributed by atoms with Crippen molar-refractivity contribution in [2.24, 2.45) is 0 Å². The van der Waals surface area contributed by atoms with Crippen molar-refractivity contribution < 1.29 is 9.18 Å². The maximum absolute atomic E-state index is 13.3. The molecule has 180 valence electrons. The second-order valence-corrected chi connectivity index (χ2v) is 9.59. The molecule has 6 nitrogen and oxygen atoms in total. The Kier molecular flexibility index (Phi) is 7.73. The minimum absolute atomic E-state index is 0.275. The van der Waals surface area contributed by atoms with Gasteiger partial charge in [-0.15, -0.1) is 10.2 Å². The number of aromatic nitrogens is 3. The van der Waals surface area contributed by atoms with Crippen molar-refractivity contribution in [2.75, 3.05) is 5.32 Å². The summed E-state index contributed by atoms with van der Waals surface area (Å²) >= 11 is 7.79. The number of amides is 2. The lowest BCUT2D eigenvalue weighted by Gasteiger charge is -2.18. The van der Waals surface area contributed by atoms with Crippen LogP contribution in [0.1, 0.15) is 35.5 Å². The second-order valence-electron chi connectivity index (χ2n) is 8.21. The fourth-order valence-electron chi connectivity index (χ4n) is 3.58. The van der Waals surface area contributed by atoms with Crippen LogP contribution in [0.25, 0.3) is 5.69 Å². The number of thioether (sulfide) groups is 1. The summed E-state index contributed by atoms with van der Waals surface area (Å²) in [5.41, 5.74) is 4.52. The standard InChI is InChI=1S/C26H25ClFN5OS/c1-16-5-4-6-22(13-16)30-25(34)29-18(3)24-31-32-26(35-15-19-8-11-21(28)12-9-19)33(24)23-14-20(27)10-7-17(23)2/h4-14,18H,15H2,1-3H3,(H2,29,30,34). The monoisotopic (exact) mass is 509 g/mol. The topological polar surface area (TPSA) is 71.8 Å². The van der Waals surface area contributed by atoms with Crippen molar-refractivity contribution in [3.8, 4) is 5.69 Å². The molecule has 0 saturated heterocycles. The first-order valence-corrected chi connectivity index (χ1v) is 12.4. The molecule has 0 spiro atoms. The van der Waals surface area contributed by atoms with Gasteiger partial charge in [0, 0.05) is 16.5 Å². The predicted octanol–water partition coefficient (Wildman–Crippen LogP) is 6.85. The molecule has 9 heteroatoms. The molecule has 3 aromatic carbocycles. The number of halogens is 2. The third-order valence-electron chi connectivity index (χ3n) is 5.36. The minimum atomic E-state index is -0.453. The number of nitrogens with zero attached hydrogens (tertiary/aromatic N) is 3. The van der Waals surface area contributed by atoms with E-state index >= 15 is 0 Å². The summed E-state index contributed by atoms with van der Waals surface area (Å²) in [6.07, 6.45) is 0. The number of rotatable bonds is 7. The molecule has 1 atom stereocenters. The molecule has 4 rings (SSSR count). The van der Waals surface area contributed by atoms with Crippen LogP contribution >= 0.6 is 23.4 Å². The van der Waals surface area contributed by atoms with Crippen molar-refractivity contribution in [1.82, 2.24) is 20.1 Å². The molecule has 0 aliphatic heterocycles. The Balaban J connectivity index is 1.60. The molecular formula is C26H25ClFN5OS. The van der Waals surface area contributed by atoms with E-state index in [1.807, 2.05) is 67.8 Å². The van der Waals surface area contributed by atoms with Crippen LogP contribution < -0.4 is 10.6 Å². The third-order valence-corrected chi connectivity index (χ3v) is 6.60. The summed E-state index contributed by atoms with van der Waals surface area (Å²) in [7, 11) is 0. The van der Waals surface area contributed by atoms with Gasteiger partial charge in [0.2, 0.25) is 0 Å². The number of carbonyl (C=O) groups excluding carboxylic acids is 1. The second kappa shape index (κ2) is 10.9. The molecule has 0 aliphatic rings. The smallest absolute Gasteiger partial charge is 0.319 e. The largest absolute Gasteiger partial charge is 0.328 e. The van der Waals surface area contributed by atoms with Crippen LogP contribution in [0.15, 0.2) is 71.9 Å². The van der Waals surface area contributed by atoms with Crippen molar-refractivity contribution in [1.29, 1.82) is 0 Å². The van der Waals surface area contributed by atoms with Crippen molar-refractivity contribution in [2.45, 2.75) is 37.7 Å². The zero-order chi connectivity index (χ0) is 24.9. The average molecular weight is 510 g/mol. The average Bonchev–Trinajstić information content (AvgIpc) is 3.24. The molecule has 0 aliphatic carbocycles. The number of anilines is 1. The van der Waals surface area contributed by atoms with Crippen molar-refractivity contribution in [3.63, 3.8) is 0 Å². The van der Waals surface area contributed by atoms with Gasteiger partial charge in [-0.25, -0.2) is 9.18 Å². The van der Waals surface area contributed by atoms with Crippen LogP contribution in [0.4, 0.5) is 14.9 Å². The highest BCUT2D eigenvalue weighted by Gasteiger charge is 2.22. The maximum atomic E-state index is 13.3. The zero-order valence-corrected chi connectivity index (χ0v) is 21.1. The number of carbonyl (C=O) groups is 1. The molecule has 1 aromatic heterocycles. The van der Waals surface area contributed by atoms with E-state index < -0.39 is 6.04 Å². The van der Waals surface area contributed by atoms with Crippen LogP contribution in [0.3, 0.4) is 0 Å². The quantitative estimate of drug-likeness (QED) is 0.267. The number of hydrogen-bond acceptors (Lipinski definition) is 4. The van der Waals surface area contributed by atoms with Gasteiger partial charge in [0.05, 0.1) is 11.7 Å². The Hall–Kier alpha value is -3.36. The molecule has 0 bridgehead atoms.